The molecule has 7 N–H and O–H groups in total. The van der Waals surface area contributed by atoms with Crippen molar-refractivity contribution in [1.82, 2.24) is 4.90 Å². The number of nitrogens with zero attached hydrogens (tertiary/aromatic N) is 1. The SMILES string of the molecule is CC[C@@H](O)C[C@H]1CCC[C@@]2(C[C@@H]3OC(=O)/C=C/[C@@](C)(O)[C@@H](O)[C@H](C)[C@@H](O)[C@H](O[C@H]4C[C@H](O)[C@H](N(C)C)[C@H](C)O4)[C@@H](O)[C@@H](C)CCC/C=C/[C@@H]4C[C@H](C)C(O)O[C@H]4C[C@H](O2)[C@H]3C)O1. The second kappa shape index (κ2) is 22.3. The standard InChI is InChI=1S/C47H81NO14/c1-10-32(49)22-33-17-14-19-47(61-33)25-37-28(4)35(62-47)24-36-31(21-27(3)45(55)59-36)16-13-11-12-15-26(2)41(52)43(60-39-23-34(50)40(48(8)9)30(6)57-39)42(53)29(5)44(54)46(7,56)20-18-38(51)58-37/h13,16,18,20,26-37,39-45,49-50,52-56H,10-12,14-15,17,19,21-25H2,1-9H3/b16-13+,20-18+/t26-,27-,28+,29+,30-,31+,32+,33+,34-,35-,36-,37-,39-,40+,41-,42+,43+,44-,45?,46+,47+/m0/s1. The van der Waals surface area contributed by atoms with Crippen molar-refractivity contribution in [1.29, 1.82) is 0 Å². The molecule has 1 unspecified atom stereocenters. The Morgan fingerprint density at radius 1 is 0.887 bits per heavy atom. The number of carbonyl (C=O) groups excluding carboxylic acids is 1. The van der Waals surface area contributed by atoms with E-state index in [2.05, 4.69) is 12.2 Å². The van der Waals surface area contributed by atoms with Gasteiger partial charge in [0.15, 0.2) is 18.4 Å². The molecule has 4 saturated heterocycles. The maximum atomic E-state index is 13.7. The Hall–Kier alpha value is -1.57. The Morgan fingerprint density at radius 3 is 2.29 bits per heavy atom. The largest absolute Gasteiger partial charge is 0.459 e. The van der Waals surface area contributed by atoms with Crippen molar-refractivity contribution in [3.63, 3.8) is 0 Å². The number of ether oxygens (including phenoxy) is 6. The Balaban J connectivity index is 1.44. The summed E-state index contributed by atoms with van der Waals surface area (Å²) >= 11 is 0. The summed E-state index contributed by atoms with van der Waals surface area (Å²) in [5, 5.41) is 79.5. The van der Waals surface area contributed by atoms with Gasteiger partial charge >= 0.3 is 5.97 Å². The van der Waals surface area contributed by atoms with Crippen molar-refractivity contribution in [2.75, 3.05) is 14.1 Å². The number of esters is 1. The van der Waals surface area contributed by atoms with Gasteiger partial charge in [0.1, 0.15) is 17.8 Å². The summed E-state index contributed by atoms with van der Waals surface area (Å²) < 4.78 is 38.5. The van der Waals surface area contributed by atoms with Crippen LogP contribution in [0.1, 0.15) is 126 Å². The van der Waals surface area contributed by atoms with E-state index in [0.29, 0.717) is 51.4 Å². The molecule has 0 aromatic heterocycles. The van der Waals surface area contributed by atoms with Gasteiger partial charge in [-0.25, -0.2) is 4.79 Å². The minimum absolute atomic E-state index is 0.0463. The highest BCUT2D eigenvalue weighted by molar-refractivity contribution is 5.82. The quantitative estimate of drug-likeness (QED) is 0.150. The Labute approximate surface area is 369 Å². The fourth-order valence-corrected chi connectivity index (χ4v) is 10.5. The molecule has 0 aromatic carbocycles. The van der Waals surface area contributed by atoms with Gasteiger partial charge in [0, 0.05) is 55.4 Å². The monoisotopic (exact) mass is 884 g/mol. The van der Waals surface area contributed by atoms with Crippen LogP contribution in [0.25, 0.3) is 0 Å². The number of aliphatic hydroxyl groups excluding tert-OH is 6. The highest BCUT2D eigenvalue weighted by Gasteiger charge is 2.52. The molecule has 21 atom stereocenters. The van der Waals surface area contributed by atoms with E-state index >= 15 is 0 Å². The lowest BCUT2D eigenvalue weighted by Gasteiger charge is -2.51. The summed E-state index contributed by atoms with van der Waals surface area (Å²) in [6, 6.07) is -0.294. The highest BCUT2D eigenvalue weighted by atomic mass is 16.7. The van der Waals surface area contributed by atoms with Crippen molar-refractivity contribution in [2.24, 2.45) is 29.6 Å². The second-order valence-corrected chi connectivity index (χ2v) is 20.0. The van der Waals surface area contributed by atoms with Crippen molar-refractivity contribution in [3.8, 4) is 0 Å². The molecule has 4 fully saturated rings. The fraction of sp³-hybridized carbons (Fsp3) is 0.894. The van der Waals surface area contributed by atoms with Crippen LogP contribution in [0, 0.1) is 29.6 Å². The second-order valence-electron chi connectivity index (χ2n) is 20.0. The Morgan fingerprint density at radius 2 is 1.61 bits per heavy atom. The maximum Gasteiger partial charge on any atom is 0.330 e. The number of hydrogen-bond acceptors (Lipinski definition) is 15. The molecule has 0 amide bonds. The first kappa shape index (κ1) is 51.4. The molecule has 1 spiro atoms. The van der Waals surface area contributed by atoms with Crippen molar-refractivity contribution < 1.29 is 69.0 Å². The molecule has 62 heavy (non-hydrogen) atoms. The predicted octanol–water partition coefficient (Wildman–Crippen LogP) is 3.71. The minimum Gasteiger partial charge on any atom is -0.459 e. The van der Waals surface area contributed by atoms with Crippen LogP contribution < -0.4 is 0 Å². The summed E-state index contributed by atoms with van der Waals surface area (Å²) in [4.78, 5) is 15.6. The topological polar surface area (TPSA) is 217 Å². The molecule has 0 radical (unpaired) electrons. The van der Waals surface area contributed by atoms with Crippen LogP contribution in [0.4, 0.5) is 0 Å². The molecule has 358 valence electrons. The lowest BCUT2D eigenvalue weighted by atomic mass is 9.79. The van der Waals surface area contributed by atoms with Crippen LogP contribution in [-0.4, -0.2) is 158 Å². The van der Waals surface area contributed by atoms with Crippen LogP contribution in [0.5, 0.6) is 0 Å². The van der Waals surface area contributed by atoms with Crippen molar-refractivity contribution in [3.05, 3.63) is 24.3 Å². The maximum absolute atomic E-state index is 13.7. The van der Waals surface area contributed by atoms with Gasteiger partial charge in [-0.2, -0.15) is 0 Å². The zero-order chi connectivity index (χ0) is 45.7. The van der Waals surface area contributed by atoms with Crippen molar-refractivity contribution >= 4 is 5.97 Å². The highest BCUT2D eigenvalue weighted by Crippen LogP contribution is 2.46. The predicted molar refractivity (Wildman–Crippen MR) is 230 cm³/mol. The molecular weight excluding hydrogens is 803 g/mol. The van der Waals surface area contributed by atoms with E-state index in [4.69, 9.17) is 28.4 Å². The lowest BCUT2D eigenvalue weighted by Crippen LogP contribution is -2.57. The van der Waals surface area contributed by atoms with Gasteiger partial charge in [-0.15, -0.1) is 0 Å². The summed E-state index contributed by atoms with van der Waals surface area (Å²) in [5.74, 6) is -3.76. The molecule has 5 aliphatic rings. The van der Waals surface area contributed by atoms with E-state index in [-0.39, 0.29) is 48.7 Å². The molecule has 5 rings (SSSR count). The fourth-order valence-electron chi connectivity index (χ4n) is 10.5. The van der Waals surface area contributed by atoms with Gasteiger partial charge in [-0.1, -0.05) is 46.8 Å². The zero-order valence-corrected chi connectivity index (χ0v) is 38.7. The number of hydrogen-bond donors (Lipinski definition) is 7. The van der Waals surface area contributed by atoms with E-state index in [0.717, 1.165) is 25.0 Å². The third-order valence-corrected chi connectivity index (χ3v) is 14.6. The van der Waals surface area contributed by atoms with E-state index < -0.39 is 96.9 Å². The summed E-state index contributed by atoms with van der Waals surface area (Å²) in [5.41, 5.74) is -2.04. The first-order valence-electron chi connectivity index (χ1n) is 23.5. The molecular formula is C47H81NO14. The zero-order valence-electron chi connectivity index (χ0n) is 38.7. The molecule has 2 bridgehead atoms. The molecule has 0 saturated carbocycles. The van der Waals surface area contributed by atoms with Crippen LogP contribution >= 0.6 is 0 Å². The molecule has 0 aromatic rings. The molecule has 5 aliphatic heterocycles. The van der Waals surface area contributed by atoms with E-state index in [1.54, 1.807) is 0 Å². The number of allylic oxidation sites excluding steroid dienone is 1. The lowest BCUT2D eigenvalue weighted by molar-refractivity contribution is -0.345. The van der Waals surface area contributed by atoms with Gasteiger partial charge < -0.3 is 69.1 Å². The molecule has 5 heterocycles. The van der Waals surface area contributed by atoms with E-state index in [1.165, 1.54) is 13.8 Å². The smallest absolute Gasteiger partial charge is 0.330 e. The summed E-state index contributed by atoms with van der Waals surface area (Å²) in [6.07, 6.45) is 1.91. The van der Waals surface area contributed by atoms with Crippen LogP contribution in [-0.2, 0) is 33.2 Å². The number of rotatable bonds is 6. The normalized spacial score (nSPS) is 48.6. The molecule has 15 heteroatoms. The van der Waals surface area contributed by atoms with E-state index in [1.807, 2.05) is 53.6 Å². The third-order valence-electron chi connectivity index (χ3n) is 14.6. The van der Waals surface area contributed by atoms with Gasteiger partial charge in [-0.3, -0.25) is 0 Å². The first-order valence-corrected chi connectivity index (χ1v) is 23.5. The van der Waals surface area contributed by atoms with Crippen LogP contribution in [0.15, 0.2) is 24.3 Å². The molecule has 15 nitrogen and oxygen atoms in total. The van der Waals surface area contributed by atoms with Crippen LogP contribution in [0.2, 0.25) is 0 Å². The minimum atomic E-state index is -2.04. The number of fused-ring (bicyclic) bond motifs is 3. The summed E-state index contributed by atoms with van der Waals surface area (Å²) in [7, 11) is 3.70. The van der Waals surface area contributed by atoms with Gasteiger partial charge in [-0.05, 0) is 91.3 Å². The number of likely N-dealkylation sites (N-methyl/N-ethyl adjacent to an activating group) is 1. The van der Waals surface area contributed by atoms with Gasteiger partial charge in [0.25, 0.3) is 0 Å². The third kappa shape index (κ3) is 12.9. The average molecular weight is 884 g/mol. The molecule has 0 aliphatic carbocycles. The number of aliphatic hydroxyl groups is 7. The first-order chi connectivity index (χ1) is 29.1. The Bertz CT molecular complexity index is 1450. The van der Waals surface area contributed by atoms with Crippen LogP contribution in [0.3, 0.4) is 0 Å². The van der Waals surface area contributed by atoms with Crippen molar-refractivity contribution in [2.45, 2.75) is 223 Å². The summed E-state index contributed by atoms with van der Waals surface area (Å²) in [6.45, 7) is 12.4. The van der Waals surface area contributed by atoms with E-state index in [9.17, 15) is 40.5 Å². The number of carbonyl (C=O) groups is 1. The van der Waals surface area contributed by atoms with Gasteiger partial charge in [0.05, 0.1) is 61.0 Å². The Kier molecular flexibility index (Phi) is 18.5. The average Bonchev–Trinajstić information content (AvgIpc) is 3.20. The van der Waals surface area contributed by atoms with Gasteiger partial charge in [0.2, 0.25) is 0 Å².